The number of carbonyl (C=O) groups is 1. The number of nitrogens with two attached hydrogens (primary N) is 1. The van der Waals surface area contributed by atoms with Gasteiger partial charge in [0.15, 0.2) is 0 Å². The Hall–Kier alpha value is -3.67. The highest BCUT2D eigenvalue weighted by molar-refractivity contribution is 5.95. The number of fused-ring (bicyclic) bond motifs is 3. The molecule has 0 bridgehead atoms. The third kappa shape index (κ3) is 2.30. The van der Waals surface area contributed by atoms with Crippen molar-refractivity contribution >= 4 is 5.91 Å². The molecule has 0 atom stereocenters. The normalized spacial score (nSPS) is 12.0. The molecular formula is C21H16N4O2. The number of primary amides is 1. The van der Waals surface area contributed by atoms with E-state index in [9.17, 15) is 4.79 Å². The monoisotopic (exact) mass is 356 g/mol. The number of hydrogen-bond donors (Lipinski definition) is 2. The number of H-pyrrole nitrogens is 1. The Labute approximate surface area is 155 Å². The first-order chi connectivity index (χ1) is 13.1. The number of benzene rings is 2. The first kappa shape index (κ1) is 15.6. The third-order valence-corrected chi connectivity index (χ3v) is 5.04. The van der Waals surface area contributed by atoms with E-state index in [2.05, 4.69) is 15.4 Å². The van der Waals surface area contributed by atoms with E-state index < -0.39 is 5.91 Å². The van der Waals surface area contributed by atoms with Gasteiger partial charge in [0.25, 0.3) is 0 Å². The van der Waals surface area contributed by atoms with Crippen molar-refractivity contribution < 1.29 is 9.32 Å². The van der Waals surface area contributed by atoms with Gasteiger partial charge in [-0.25, -0.2) is 0 Å². The summed E-state index contributed by atoms with van der Waals surface area (Å²) in [6.07, 6.45) is 0.677. The minimum atomic E-state index is -0.426. The molecule has 6 nitrogen and oxygen atoms in total. The lowest BCUT2D eigenvalue weighted by Gasteiger charge is -2.04. The molecule has 0 saturated carbocycles. The van der Waals surface area contributed by atoms with Crippen molar-refractivity contribution in [2.24, 2.45) is 5.73 Å². The number of nitrogens with zero attached hydrogens (tertiary/aromatic N) is 2. The predicted molar refractivity (Wildman–Crippen MR) is 101 cm³/mol. The first-order valence-corrected chi connectivity index (χ1v) is 8.66. The summed E-state index contributed by atoms with van der Waals surface area (Å²) in [5, 5.41) is 12.0. The number of aryl methyl sites for hydroxylation is 1. The van der Waals surface area contributed by atoms with Crippen LogP contribution in [0.4, 0.5) is 0 Å². The second-order valence-electron chi connectivity index (χ2n) is 6.67. The summed E-state index contributed by atoms with van der Waals surface area (Å²) in [4.78, 5) is 11.5. The second kappa shape index (κ2) is 5.67. The highest BCUT2D eigenvalue weighted by Gasteiger charge is 2.29. The highest BCUT2D eigenvalue weighted by Crippen LogP contribution is 2.43. The molecule has 2 aromatic carbocycles. The maximum atomic E-state index is 11.5. The number of aromatic nitrogens is 3. The standard InChI is InChI=1S/C21H16N4O2/c1-11-17(18(25-27-11)12-5-3-2-4-6-12)20-16-10-14-9-13(21(22)26)7-8-15(14)19(16)23-24-20/h2-9H,10H2,1H3,(H2,22,26)(H,23,24). The molecule has 0 spiro atoms. The minimum Gasteiger partial charge on any atom is -0.366 e. The second-order valence-corrected chi connectivity index (χ2v) is 6.67. The largest absolute Gasteiger partial charge is 0.366 e. The smallest absolute Gasteiger partial charge is 0.248 e. The molecule has 0 aliphatic heterocycles. The van der Waals surface area contributed by atoms with E-state index in [1.807, 2.05) is 49.4 Å². The first-order valence-electron chi connectivity index (χ1n) is 8.66. The molecule has 1 aliphatic rings. The van der Waals surface area contributed by atoms with Crippen LogP contribution in [0, 0.1) is 6.92 Å². The number of carbonyl (C=O) groups excluding carboxylic acids is 1. The average Bonchev–Trinajstić information content (AvgIpc) is 3.35. The Morgan fingerprint density at radius 2 is 1.96 bits per heavy atom. The van der Waals surface area contributed by atoms with Gasteiger partial charge in [0.05, 0.1) is 17.0 Å². The number of aromatic amines is 1. The van der Waals surface area contributed by atoms with E-state index in [4.69, 9.17) is 10.3 Å². The molecule has 0 radical (unpaired) electrons. The van der Waals surface area contributed by atoms with Gasteiger partial charge in [0, 0.05) is 28.7 Å². The summed E-state index contributed by atoms with van der Waals surface area (Å²) in [6.45, 7) is 1.90. The van der Waals surface area contributed by atoms with Crippen LogP contribution >= 0.6 is 0 Å². The Morgan fingerprint density at radius 1 is 1.15 bits per heavy atom. The van der Waals surface area contributed by atoms with Crippen LogP contribution in [0.15, 0.2) is 53.1 Å². The Bertz CT molecular complexity index is 1190. The van der Waals surface area contributed by atoms with E-state index in [1.165, 1.54) is 0 Å². The lowest BCUT2D eigenvalue weighted by Crippen LogP contribution is -2.11. The lowest BCUT2D eigenvalue weighted by atomic mass is 10.00. The molecule has 27 heavy (non-hydrogen) atoms. The zero-order valence-corrected chi connectivity index (χ0v) is 14.6. The van der Waals surface area contributed by atoms with Gasteiger partial charge in [-0.1, -0.05) is 41.6 Å². The summed E-state index contributed by atoms with van der Waals surface area (Å²) >= 11 is 0. The van der Waals surface area contributed by atoms with E-state index in [-0.39, 0.29) is 0 Å². The van der Waals surface area contributed by atoms with Crippen molar-refractivity contribution in [1.29, 1.82) is 0 Å². The van der Waals surface area contributed by atoms with Crippen LogP contribution in [-0.4, -0.2) is 21.3 Å². The van der Waals surface area contributed by atoms with Gasteiger partial charge in [-0.2, -0.15) is 5.10 Å². The van der Waals surface area contributed by atoms with Gasteiger partial charge >= 0.3 is 0 Å². The lowest BCUT2D eigenvalue weighted by molar-refractivity contribution is 0.1000. The zero-order chi connectivity index (χ0) is 18.5. The Morgan fingerprint density at radius 3 is 2.74 bits per heavy atom. The summed E-state index contributed by atoms with van der Waals surface area (Å²) in [7, 11) is 0. The van der Waals surface area contributed by atoms with Crippen molar-refractivity contribution in [1.82, 2.24) is 15.4 Å². The fourth-order valence-electron chi connectivity index (χ4n) is 3.74. The molecule has 0 saturated heterocycles. The van der Waals surface area contributed by atoms with Crippen molar-refractivity contribution in [3.8, 4) is 33.8 Å². The van der Waals surface area contributed by atoms with E-state index in [0.717, 1.165) is 50.7 Å². The Kier molecular flexibility index (Phi) is 3.27. The SMILES string of the molecule is Cc1onc(-c2ccccc2)c1-c1[nH]nc2c1Cc1cc(C(N)=O)ccc1-2. The molecule has 2 heterocycles. The van der Waals surface area contributed by atoms with Gasteiger partial charge in [-0.15, -0.1) is 0 Å². The van der Waals surface area contributed by atoms with E-state index in [1.54, 1.807) is 6.07 Å². The fraction of sp³-hybridized carbons (Fsp3) is 0.0952. The van der Waals surface area contributed by atoms with Crippen LogP contribution in [0.1, 0.15) is 27.2 Å². The van der Waals surface area contributed by atoms with Crippen LogP contribution in [0.25, 0.3) is 33.8 Å². The van der Waals surface area contributed by atoms with Gasteiger partial charge in [-0.3, -0.25) is 9.89 Å². The number of amides is 1. The number of rotatable bonds is 3. The van der Waals surface area contributed by atoms with E-state index in [0.29, 0.717) is 12.0 Å². The summed E-state index contributed by atoms with van der Waals surface area (Å²) in [6, 6.07) is 15.4. The van der Waals surface area contributed by atoms with Gasteiger partial charge < -0.3 is 10.3 Å². The van der Waals surface area contributed by atoms with Gasteiger partial charge in [0.2, 0.25) is 5.91 Å². The highest BCUT2D eigenvalue weighted by atomic mass is 16.5. The molecule has 2 aromatic heterocycles. The van der Waals surface area contributed by atoms with Crippen LogP contribution in [0.2, 0.25) is 0 Å². The molecule has 0 unspecified atom stereocenters. The van der Waals surface area contributed by atoms with Crippen molar-refractivity contribution in [3.05, 3.63) is 71.0 Å². The van der Waals surface area contributed by atoms with Crippen molar-refractivity contribution in [3.63, 3.8) is 0 Å². The van der Waals surface area contributed by atoms with Crippen molar-refractivity contribution in [2.45, 2.75) is 13.3 Å². The Balaban J connectivity index is 1.65. The average molecular weight is 356 g/mol. The summed E-state index contributed by atoms with van der Waals surface area (Å²) in [5.74, 6) is 0.305. The van der Waals surface area contributed by atoms with Crippen LogP contribution in [0.5, 0.6) is 0 Å². The molecule has 4 aromatic rings. The minimum absolute atomic E-state index is 0.426. The number of nitrogens with one attached hydrogen (secondary N) is 1. The molecule has 132 valence electrons. The molecule has 6 heteroatoms. The molecule has 1 aliphatic carbocycles. The molecule has 1 amide bonds. The molecule has 5 rings (SSSR count). The predicted octanol–water partition coefficient (Wildman–Crippen LogP) is 3.71. The van der Waals surface area contributed by atoms with Crippen molar-refractivity contribution in [2.75, 3.05) is 0 Å². The molecule has 0 fully saturated rings. The maximum Gasteiger partial charge on any atom is 0.248 e. The van der Waals surface area contributed by atoms with Gasteiger partial charge in [-0.05, 0) is 24.6 Å². The summed E-state index contributed by atoms with van der Waals surface area (Å²) in [5.41, 5.74) is 13.6. The van der Waals surface area contributed by atoms with Crippen LogP contribution in [-0.2, 0) is 6.42 Å². The van der Waals surface area contributed by atoms with Crippen LogP contribution in [0.3, 0.4) is 0 Å². The quantitative estimate of drug-likeness (QED) is 0.515. The van der Waals surface area contributed by atoms with E-state index >= 15 is 0 Å². The van der Waals surface area contributed by atoms with Crippen LogP contribution < -0.4 is 5.73 Å². The third-order valence-electron chi connectivity index (χ3n) is 5.04. The molecular weight excluding hydrogens is 340 g/mol. The van der Waals surface area contributed by atoms with Gasteiger partial charge in [0.1, 0.15) is 11.5 Å². The fourth-order valence-corrected chi connectivity index (χ4v) is 3.74. The number of hydrogen-bond acceptors (Lipinski definition) is 4. The maximum absolute atomic E-state index is 11.5. The topological polar surface area (TPSA) is 97.8 Å². The zero-order valence-electron chi connectivity index (χ0n) is 14.6. The summed E-state index contributed by atoms with van der Waals surface area (Å²) < 4.78 is 5.50. The molecule has 3 N–H and O–H groups in total.